The van der Waals surface area contributed by atoms with E-state index in [0.29, 0.717) is 32.7 Å². The van der Waals surface area contributed by atoms with Gasteiger partial charge in [-0.25, -0.2) is 13.2 Å². The Kier molecular flexibility index (Phi) is 3.92. The van der Waals surface area contributed by atoms with Crippen LogP contribution in [0.25, 0.3) is 0 Å². The largest absolute Gasteiger partial charge is 0.465 e. The van der Waals surface area contributed by atoms with Gasteiger partial charge in [-0.1, -0.05) is 0 Å². The van der Waals surface area contributed by atoms with E-state index in [1.165, 1.54) is 11.2 Å². The van der Waals surface area contributed by atoms with Gasteiger partial charge in [-0.15, -0.1) is 0 Å². The maximum Gasteiger partial charge on any atom is 0.407 e. The first-order valence-corrected chi connectivity index (χ1v) is 6.82. The van der Waals surface area contributed by atoms with E-state index in [0.717, 1.165) is 0 Å². The Morgan fingerprint density at radius 1 is 1.27 bits per heavy atom. The normalized spacial score (nSPS) is 19.1. The molecular weight excluding hydrogens is 220 g/mol. The van der Waals surface area contributed by atoms with Gasteiger partial charge in [0.2, 0.25) is 0 Å². The van der Waals surface area contributed by atoms with Gasteiger partial charge in [0.1, 0.15) is 9.84 Å². The van der Waals surface area contributed by atoms with Gasteiger partial charge in [0.05, 0.1) is 5.75 Å². The van der Waals surface area contributed by atoms with Gasteiger partial charge in [-0.3, -0.25) is 4.90 Å². The zero-order valence-electron chi connectivity index (χ0n) is 8.72. The highest BCUT2D eigenvalue weighted by Gasteiger charge is 2.20. The van der Waals surface area contributed by atoms with Crippen LogP contribution in [0.5, 0.6) is 0 Å². The first kappa shape index (κ1) is 12.3. The highest BCUT2D eigenvalue weighted by atomic mass is 32.2. The molecule has 1 saturated heterocycles. The summed E-state index contributed by atoms with van der Waals surface area (Å²) in [5.41, 5.74) is 0. The topological polar surface area (TPSA) is 77.9 Å². The average Bonchev–Trinajstić information content (AvgIpc) is 2.14. The molecule has 1 fully saturated rings. The molecule has 0 aliphatic carbocycles. The van der Waals surface area contributed by atoms with Gasteiger partial charge in [0.25, 0.3) is 0 Å². The molecule has 7 heteroatoms. The van der Waals surface area contributed by atoms with Gasteiger partial charge < -0.3 is 10.0 Å². The summed E-state index contributed by atoms with van der Waals surface area (Å²) in [7, 11) is -2.92. The van der Waals surface area contributed by atoms with Crippen LogP contribution in [0.3, 0.4) is 0 Å². The molecule has 1 heterocycles. The molecule has 0 bridgehead atoms. The second-order valence-corrected chi connectivity index (χ2v) is 6.00. The number of carboxylic acid groups (broad SMARTS) is 1. The maximum atomic E-state index is 10.9. The predicted octanol–water partition coefficient (Wildman–Crippen LogP) is -0.673. The Morgan fingerprint density at radius 2 is 1.80 bits per heavy atom. The first-order valence-electron chi connectivity index (χ1n) is 4.76. The highest BCUT2D eigenvalue weighted by Crippen LogP contribution is 2.02. The quantitative estimate of drug-likeness (QED) is 0.703. The Balaban J connectivity index is 2.29. The van der Waals surface area contributed by atoms with Crippen LogP contribution in [0.1, 0.15) is 0 Å². The van der Waals surface area contributed by atoms with Crippen LogP contribution in [-0.4, -0.2) is 74.1 Å². The van der Waals surface area contributed by atoms with E-state index in [1.54, 1.807) is 0 Å². The van der Waals surface area contributed by atoms with Crippen molar-refractivity contribution >= 4 is 15.9 Å². The lowest BCUT2D eigenvalue weighted by Crippen LogP contribution is -2.49. The summed E-state index contributed by atoms with van der Waals surface area (Å²) in [6.45, 7) is 2.63. The number of rotatable bonds is 3. The molecule has 0 radical (unpaired) electrons. The van der Waals surface area contributed by atoms with Gasteiger partial charge in [-0.05, 0) is 0 Å². The number of hydrogen-bond acceptors (Lipinski definition) is 4. The first-order chi connectivity index (χ1) is 6.88. The van der Waals surface area contributed by atoms with Crippen LogP contribution in [0, 0.1) is 0 Å². The zero-order chi connectivity index (χ0) is 11.5. The third-order valence-electron chi connectivity index (χ3n) is 2.42. The summed E-state index contributed by atoms with van der Waals surface area (Å²) in [5, 5.41) is 8.70. The smallest absolute Gasteiger partial charge is 0.407 e. The number of amides is 1. The fourth-order valence-corrected chi connectivity index (χ4v) is 2.05. The average molecular weight is 236 g/mol. The van der Waals surface area contributed by atoms with Crippen LogP contribution >= 0.6 is 0 Å². The molecule has 0 spiro atoms. The lowest BCUT2D eigenvalue weighted by molar-refractivity contribution is 0.108. The summed E-state index contributed by atoms with van der Waals surface area (Å²) in [6.07, 6.45) is 0.304. The molecule has 0 aromatic carbocycles. The van der Waals surface area contributed by atoms with Crippen molar-refractivity contribution in [1.29, 1.82) is 0 Å². The zero-order valence-corrected chi connectivity index (χ0v) is 9.53. The SMILES string of the molecule is CS(=O)(=O)CCN1CCN(C(=O)O)CC1. The molecule has 6 nitrogen and oxygen atoms in total. The third kappa shape index (κ3) is 4.48. The molecule has 1 aliphatic heterocycles. The lowest BCUT2D eigenvalue weighted by atomic mass is 10.3. The predicted molar refractivity (Wildman–Crippen MR) is 55.7 cm³/mol. The molecule has 1 rings (SSSR count). The maximum absolute atomic E-state index is 10.9. The van der Waals surface area contributed by atoms with Gasteiger partial charge in [0.15, 0.2) is 0 Å². The van der Waals surface area contributed by atoms with E-state index in [1.807, 2.05) is 4.90 Å². The van der Waals surface area contributed by atoms with Crippen molar-refractivity contribution < 1.29 is 18.3 Å². The molecule has 0 unspecified atom stereocenters. The summed E-state index contributed by atoms with van der Waals surface area (Å²) in [6, 6.07) is 0. The molecule has 0 atom stereocenters. The lowest BCUT2D eigenvalue weighted by Gasteiger charge is -2.32. The summed E-state index contributed by atoms with van der Waals surface area (Å²) in [4.78, 5) is 13.9. The fraction of sp³-hybridized carbons (Fsp3) is 0.875. The van der Waals surface area contributed by atoms with Crippen molar-refractivity contribution in [2.75, 3.05) is 44.7 Å². The minimum atomic E-state index is -2.92. The number of carbonyl (C=O) groups is 1. The second kappa shape index (κ2) is 4.80. The van der Waals surface area contributed by atoms with E-state index in [2.05, 4.69) is 0 Å². The molecule has 1 N–H and O–H groups in total. The van der Waals surface area contributed by atoms with Gasteiger partial charge >= 0.3 is 6.09 Å². The van der Waals surface area contributed by atoms with Crippen molar-refractivity contribution in [2.45, 2.75) is 0 Å². The van der Waals surface area contributed by atoms with Crippen LogP contribution in [0.2, 0.25) is 0 Å². The van der Waals surface area contributed by atoms with E-state index in [9.17, 15) is 13.2 Å². The Morgan fingerprint density at radius 3 is 2.20 bits per heavy atom. The number of hydrogen-bond donors (Lipinski definition) is 1. The van der Waals surface area contributed by atoms with Crippen molar-refractivity contribution in [2.24, 2.45) is 0 Å². The van der Waals surface area contributed by atoms with Crippen molar-refractivity contribution in [1.82, 2.24) is 9.80 Å². The summed E-state index contributed by atoms with van der Waals surface area (Å²) in [5.74, 6) is 0.139. The molecule has 15 heavy (non-hydrogen) atoms. The van der Waals surface area contributed by atoms with Crippen molar-refractivity contribution in [3.05, 3.63) is 0 Å². The number of sulfone groups is 1. The van der Waals surface area contributed by atoms with E-state index in [4.69, 9.17) is 5.11 Å². The standard InChI is InChI=1S/C8H16N2O4S/c1-15(13,14)7-6-9-2-4-10(5-3-9)8(11)12/h2-7H2,1H3,(H,11,12). The molecule has 0 saturated carbocycles. The molecule has 0 aromatic heterocycles. The van der Waals surface area contributed by atoms with Gasteiger partial charge in [-0.2, -0.15) is 0 Å². The number of nitrogens with zero attached hydrogens (tertiary/aromatic N) is 2. The van der Waals surface area contributed by atoms with Crippen molar-refractivity contribution in [3.63, 3.8) is 0 Å². The molecule has 1 aliphatic rings. The van der Waals surface area contributed by atoms with E-state index < -0.39 is 15.9 Å². The molecular formula is C8H16N2O4S. The molecule has 88 valence electrons. The minimum Gasteiger partial charge on any atom is -0.465 e. The number of piperazine rings is 1. The van der Waals surface area contributed by atoms with Gasteiger partial charge in [0, 0.05) is 39.0 Å². The van der Waals surface area contributed by atoms with Crippen LogP contribution in [0.15, 0.2) is 0 Å². The second-order valence-electron chi connectivity index (χ2n) is 3.74. The Bertz CT molecular complexity index is 320. The van der Waals surface area contributed by atoms with E-state index in [-0.39, 0.29) is 5.75 Å². The third-order valence-corrected chi connectivity index (χ3v) is 3.35. The fourth-order valence-electron chi connectivity index (χ4n) is 1.46. The molecule has 0 aromatic rings. The van der Waals surface area contributed by atoms with Crippen LogP contribution in [-0.2, 0) is 9.84 Å². The monoisotopic (exact) mass is 236 g/mol. The summed E-state index contributed by atoms with van der Waals surface area (Å²) >= 11 is 0. The Labute approximate surface area is 89.4 Å². The van der Waals surface area contributed by atoms with Crippen molar-refractivity contribution in [3.8, 4) is 0 Å². The highest BCUT2D eigenvalue weighted by molar-refractivity contribution is 7.90. The minimum absolute atomic E-state index is 0.139. The molecule has 1 amide bonds. The van der Waals surface area contributed by atoms with E-state index >= 15 is 0 Å². The summed E-state index contributed by atoms with van der Waals surface area (Å²) < 4.78 is 21.8. The Hall–Kier alpha value is -0.820. The van der Waals surface area contributed by atoms with Crippen LogP contribution in [0.4, 0.5) is 4.79 Å². The van der Waals surface area contributed by atoms with Crippen LogP contribution < -0.4 is 0 Å².